The van der Waals surface area contributed by atoms with E-state index in [1.165, 1.54) is 12.1 Å². The van der Waals surface area contributed by atoms with E-state index >= 15 is 0 Å². The minimum absolute atomic E-state index is 0.604. The summed E-state index contributed by atoms with van der Waals surface area (Å²) in [6, 6.07) is 3.81. The van der Waals surface area contributed by atoms with Crippen LogP contribution in [-0.2, 0) is 19.0 Å². The van der Waals surface area contributed by atoms with Gasteiger partial charge in [0.25, 0.3) is 0 Å². The first-order chi connectivity index (χ1) is 9.38. The largest absolute Gasteiger partial charge is 0.416 e. The van der Waals surface area contributed by atoms with Gasteiger partial charge in [0.15, 0.2) is 0 Å². The lowest BCUT2D eigenvalue weighted by atomic mass is 9.94. The third kappa shape index (κ3) is 2.65. The number of halogens is 3. The molecule has 0 saturated carbocycles. The molecule has 0 aliphatic heterocycles. The number of pyridine rings is 1. The molecular formula is C16H18F3N. The highest BCUT2D eigenvalue weighted by Crippen LogP contribution is 2.33. The Bertz CT molecular complexity index is 630. The minimum Gasteiger partial charge on any atom is -0.253 e. The Kier molecular flexibility index (Phi) is 4.02. The summed E-state index contributed by atoms with van der Waals surface area (Å²) in [5.74, 6) is 0. The second-order valence-electron chi connectivity index (χ2n) is 4.99. The molecule has 0 bridgehead atoms. The number of aryl methyl sites for hydroxylation is 2. The molecule has 0 spiro atoms. The normalized spacial score (nSPS) is 12.1. The smallest absolute Gasteiger partial charge is 0.253 e. The highest BCUT2D eigenvalue weighted by Gasteiger charge is 2.30. The molecule has 1 nitrogen and oxygen atoms in total. The summed E-state index contributed by atoms with van der Waals surface area (Å²) in [7, 11) is 0. The van der Waals surface area contributed by atoms with Crippen molar-refractivity contribution in [2.24, 2.45) is 0 Å². The lowest BCUT2D eigenvalue weighted by Crippen LogP contribution is -2.06. The van der Waals surface area contributed by atoms with E-state index in [0.717, 1.165) is 42.1 Å². The first-order valence-electron chi connectivity index (χ1n) is 6.87. The van der Waals surface area contributed by atoms with Gasteiger partial charge in [0.1, 0.15) is 0 Å². The van der Waals surface area contributed by atoms with Gasteiger partial charge in [-0.2, -0.15) is 13.2 Å². The van der Waals surface area contributed by atoms with E-state index in [1.807, 2.05) is 13.8 Å². The van der Waals surface area contributed by atoms with Gasteiger partial charge < -0.3 is 0 Å². The van der Waals surface area contributed by atoms with Crippen molar-refractivity contribution >= 4 is 10.9 Å². The van der Waals surface area contributed by atoms with E-state index in [1.54, 1.807) is 0 Å². The monoisotopic (exact) mass is 281 g/mol. The number of aromatic nitrogens is 1. The maximum Gasteiger partial charge on any atom is 0.416 e. The first kappa shape index (κ1) is 14.8. The van der Waals surface area contributed by atoms with Gasteiger partial charge in [-0.05, 0) is 49.1 Å². The average Bonchev–Trinajstić information content (AvgIpc) is 2.38. The molecule has 0 N–H and O–H groups in total. The number of nitrogens with zero attached hydrogens (tertiary/aromatic N) is 1. The predicted molar refractivity (Wildman–Crippen MR) is 74.9 cm³/mol. The Balaban J connectivity index is 2.75. The molecule has 0 saturated heterocycles. The van der Waals surface area contributed by atoms with Crippen LogP contribution >= 0.6 is 0 Å². The summed E-state index contributed by atoms with van der Waals surface area (Å²) in [5, 5.41) is 0.636. The predicted octanol–water partition coefficient (Wildman–Crippen LogP) is 5.08. The van der Waals surface area contributed by atoms with Crippen LogP contribution in [0.4, 0.5) is 13.2 Å². The highest BCUT2D eigenvalue weighted by atomic mass is 19.4. The maximum atomic E-state index is 12.9. The number of alkyl halides is 3. The zero-order valence-corrected chi connectivity index (χ0v) is 11.9. The number of hydrogen-bond acceptors (Lipinski definition) is 1. The van der Waals surface area contributed by atoms with Crippen LogP contribution in [0.15, 0.2) is 18.2 Å². The Morgan fingerprint density at radius 1 is 1.10 bits per heavy atom. The van der Waals surface area contributed by atoms with E-state index in [-0.39, 0.29) is 0 Å². The number of fused-ring (bicyclic) bond motifs is 1. The molecule has 2 aromatic rings. The second kappa shape index (κ2) is 5.43. The molecule has 1 aromatic heterocycles. The molecule has 0 fully saturated rings. The fraction of sp³-hybridized carbons (Fsp3) is 0.438. The van der Waals surface area contributed by atoms with E-state index in [4.69, 9.17) is 0 Å². The van der Waals surface area contributed by atoms with E-state index in [9.17, 15) is 13.2 Å². The Labute approximate surface area is 116 Å². The van der Waals surface area contributed by atoms with Gasteiger partial charge in [0, 0.05) is 11.1 Å². The van der Waals surface area contributed by atoms with Crippen LogP contribution in [0.25, 0.3) is 10.9 Å². The van der Waals surface area contributed by atoms with Gasteiger partial charge in [-0.25, -0.2) is 0 Å². The first-order valence-corrected chi connectivity index (χ1v) is 6.87. The molecular weight excluding hydrogens is 263 g/mol. The van der Waals surface area contributed by atoms with Crippen molar-refractivity contribution < 1.29 is 13.2 Å². The van der Waals surface area contributed by atoms with E-state index in [2.05, 4.69) is 11.9 Å². The average molecular weight is 281 g/mol. The van der Waals surface area contributed by atoms with Crippen LogP contribution < -0.4 is 0 Å². The fourth-order valence-corrected chi connectivity index (χ4v) is 2.67. The van der Waals surface area contributed by atoms with Crippen molar-refractivity contribution in [1.82, 2.24) is 4.98 Å². The number of hydrogen-bond donors (Lipinski definition) is 0. The molecule has 0 aliphatic rings. The SMILES string of the molecule is CCCc1c(C)nc2ccc(C(F)(F)F)cc2c1CC. The molecule has 0 aliphatic carbocycles. The number of rotatable bonds is 3. The van der Waals surface area contributed by atoms with Gasteiger partial charge in [0.2, 0.25) is 0 Å². The second-order valence-corrected chi connectivity index (χ2v) is 4.99. The maximum absolute atomic E-state index is 12.9. The van der Waals surface area contributed by atoms with Gasteiger partial charge in [0.05, 0.1) is 11.1 Å². The quantitative estimate of drug-likeness (QED) is 0.764. The van der Waals surface area contributed by atoms with Crippen molar-refractivity contribution in [1.29, 1.82) is 0 Å². The topological polar surface area (TPSA) is 12.9 Å². The lowest BCUT2D eigenvalue weighted by Gasteiger charge is -2.15. The standard InChI is InChI=1S/C16H18F3N/c1-4-6-13-10(3)20-15-8-7-11(16(17,18)19)9-14(15)12(13)5-2/h7-9H,4-6H2,1-3H3. The Morgan fingerprint density at radius 2 is 1.80 bits per heavy atom. The fourth-order valence-electron chi connectivity index (χ4n) is 2.67. The summed E-state index contributed by atoms with van der Waals surface area (Å²) in [5.41, 5.74) is 3.07. The molecule has 0 radical (unpaired) electrons. The van der Waals surface area contributed by atoms with Crippen molar-refractivity contribution in [2.75, 3.05) is 0 Å². The van der Waals surface area contributed by atoms with Crippen LogP contribution in [0, 0.1) is 6.92 Å². The summed E-state index contributed by atoms with van der Waals surface area (Å²) in [4.78, 5) is 4.46. The van der Waals surface area contributed by atoms with E-state index in [0.29, 0.717) is 10.9 Å². The molecule has 0 amide bonds. The van der Waals surface area contributed by atoms with Crippen LogP contribution in [0.2, 0.25) is 0 Å². The summed E-state index contributed by atoms with van der Waals surface area (Å²) >= 11 is 0. The molecule has 20 heavy (non-hydrogen) atoms. The van der Waals surface area contributed by atoms with Crippen LogP contribution in [0.3, 0.4) is 0 Å². The summed E-state index contributed by atoms with van der Waals surface area (Å²) in [6.07, 6.45) is -1.78. The van der Waals surface area contributed by atoms with E-state index < -0.39 is 11.7 Å². The Morgan fingerprint density at radius 3 is 2.35 bits per heavy atom. The van der Waals surface area contributed by atoms with Crippen molar-refractivity contribution in [3.05, 3.63) is 40.6 Å². The molecule has 108 valence electrons. The number of benzene rings is 1. The molecule has 1 aromatic carbocycles. The van der Waals surface area contributed by atoms with Crippen LogP contribution in [0.1, 0.15) is 42.7 Å². The third-order valence-corrected chi connectivity index (χ3v) is 3.59. The summed E-state index contributed by atoms with van der Waals surface area (Å²) < 4.78 is 38.6. The molecule has 1 heterocycles. The lowest BCUT2D eigenvalue weighted by molar-refractivity contribution is -0.137. The van der Waals surface area contributed by atoms with Crippen molar-refractivity contribution in [2.45, 2.75) is 46.2 Å². The molecule has 0 atom stereocenters. The van der Waals surface area contributed by atoms with Gasteiger partial charge in [-0.1, -0.05) is 20.3 Å². The van der Waals surface area contributed by atoms with Crippen molar-refractivity contribution in [3.8, 4) is 0 Å². The van der Waals surface area contributed by atoms with Crippen molar-refractivity contribution in [3.63, 3.8) is 0 Å². The van der Waals surface area contributed by atoms with Gasteiger partial charge in [-0.3, -0.25) is 4.98 Å². The highest BCUT2D eigenvalue weighted by molar-refractivity contribution is 5.84. The molecule has 2 rings (SSSR count). The zero-order chi connectivity index (χ0) is 14.9. The van der Waals surface area contributed by atoms with Crippen LogP contribution in [-0.4, -0.2) is 4.98 Å². The van der Waals surface area contributed by atoms with Crippen LogP contribution in [0.5, 0.6) is 0 Å². The minimum atomic E-state index is -4.31. The molecule has 0 unspecified atom stereocenters. The third-order valence-electron chi connectivity index (χ3n) is 3.59. The van der Waals surface area contributed by atoms with Gasteiger partial charge >= 0.3 is 6.18 Å². The summed E-state index contributed by atoms with van der Waals surface area (Å²) in [6.45, 7) is 5.98. The van der Waals surface area contributed by atoms with Gasteiger partial charge in [-0.15, -0.1) is 0 Å². The Hall–Kier alpha value is -1.58. The molecule has 4 heteroatoms. The zero-order valence-electron chi connectivity index (χ0n) is 11.9.